The van der Waals surface area contributed by atoms with Crippen molar-refractivity contribution in [2.45, 2.75) is 20.0 Å². The van der Waals surface area contributed by atoms with Crippen LogP contribution in [-0.2, 0) is 4.79 Å². The number of benzene rings is 2. The number of halogens is 1. The van der Waals surface area contributed by atoms with Crippen LogP contribution in [0.5, 0.6) is 0 Å². The Bertz CT molecular complexity index is 766. The van der Waals surface area contributed by atoms with Gasteiger partial charge in [0.25, 0.3) is 0 Å². The molecule has 0 aliphatic carbocycles. The molecular formula is C21H26FN3O3. The molecule has 2 aromatic rings. The normalized spacial score (nSPS) is 12.1. The second-order valence-corrected chi connectivity index (χ2v) is 7.02. The maximum Gasteiger partial charge on any atom is 0.325 e. The Morgan fingerprint density at radius 3 is 2.29 bits per heavy atom. The van der Waals surface area contributed by atoms with Crippen LogP contribution in [0.2, 0.25) is 0 Å². The Morgan fingerprint density at radius 1 is 1.04 bits per heavy atom. The summed E-state index contributed by atoms with van der Waals surface area (Å²) >= 11 is 0. The largest absolute Gasteiger partial charge is 0.387 e. The summed E-state index contributed by atoms with van der Waals surface area (Å²) in [7, 11) is 0. The summed E-state index contributed by atoms with van der Waals surface area (Å²) in [5.41, 5.74) is 1.15. The van der Waals surface area contributed by atoms with Crippen LogP contribution in [0, 0.1) is 11.7 Å². The van der Waals surface area contributed by atoms with E-state index in [1.54, 1.807) is 29.2 Å². The standard InChI is InChI=1S/C21H26FN3O3/c1-15(2)12-25(13-19(26)16-8-10-17(22)11-9-16)14-20(27)24-21(28)23-18-6-4-3-5-7-18/h3-11,15,19,26H,12-14H2,1-2H3,(H2,23,24,27,28). The molecule has 1 atom stereocenters. The van der Waals surface area contributed by atoms with Gasteiger partial charge < -0.3 is 10.4 Å². The number of nitrogens with one attached hydrogen (secondary N) is 2. The van der Waals surface area contributed by atoms with Crippen molar-refractivity contribution < 1.29 is 19.1 Å². The number of anilines is 1. The molecule has 6 nitrogen and oxygen atoms in total. The molecule has 2 aromatic carbocycles. The molecule has 0 bridgehead atoms. The van der Waals surface area contributed by atoms with Gasteiger partial charge in [0.15, 0.2) is 0 Å². The molecule has 0 spiro atoms. The van der Waals surface area contributed by atoms with E-state index in [9.17, 15) is 19.1 Å². The zero-order chi connectivity index (χ0) is 20.5. The highest BCUT2D eigenvalue weighted by Gasteiger charge is 2.19. The number of amides is 3. The third-order valence-corrected chi connectivity index (χ3v) is 3.96. The summed E-state index contributed by atoms with van der Waals surface area (Å²) in [6.07, 6.45) is -0.870. The molecule has 0 aromatic heterocycles. The van der Waals surface area contributed by atoms with E-state index in [1.165, 1.54) is 24.3 Å². The minimum Gasteiger partial charge on any atom is -0.387 e. The fourth-order valence-corrected chi connectivity index (χ4v) is 2.81. The van der Waals surface area contributed by atoms with Crippen molar-refractivity contribution in [3.8, 4) is 0 Å². The highest BCUT2D eigenvalue weighted by Crippen LogP contribution is 2.15. The fraction of sp³-hybridized carbons (Fsp3) is 0.333. The molecule has 0 aliphatic rings. The molecule has 0 radical (unpaired) electrons. The summed E-state index contributed by atoms with van der Waals surface area (Å²) < 4.78 is 13.1. The summed E-state index contributed by atoms with van der Waals surface area (Å²) in [5.74, 6) is -0.592. The number of carbonyl (C=O) groups excluding carboxylic acids is 2. The van der Waals surface area contributed by atoms with Crippen molar-refractivity contribution in [1.29, 1.82) is 0 Å². The lowest BCUT2D eigenvalue weighted by atomic mass is 10.1. The topological polar surface area (TPSA) is 81.7 Å². The van der Waals surface area contributed by atoms with E-state index in [0.717, 1.165) is 0 Å². The lowest BCUT2D eigenvalue weighted by molar-refractivity contribution is -0.121. The number of nitrogens with zero attached hydrogens (tertiary/aromatic N) is 1. The van der Waals surface area contributed by atoms with E-state index < -0.39 is 18.0 Å². The quantitative estimate of drug-likeness (QED) is 0.650. The van der Waals surface area contributed by atoms with Crippen LogP contribution < -0.4 is 10.6 Å². The van der Waals surface area contributed by atoms with Gasteiger partial charge in [-0.25, -0.2) is 9.18 Å². The first-order valence-corrected chi connectivity index (χ1v) is 9.15. The van der Waals surface area contributed by atoms with Crippen LogP contribution in [0.15, 0.2) is 54.6 Å². The molecule has 150 valence electrons. The molecule has 28 heavy (non-hydrogen) atoms. The first kappa shape index (κ1) is 21.5. The van der Waals surface area contributed by atoms with Crippen LogP contribution in [0.4, 0.5) is 14.9 Å². The average molecular weight is 387 g/mol. The summed E-state index contributed by atoms with van der Waals surface area (Å²) in [5, 5.41) is 15.3. The first-order chi connectivity index (χ1) is 13.3. The van der Waals surface area contributed by atoms with Gasteiger partial charge in [-0.05, 0) is 35.7 Å². The summed E-state index contributed by atoms with van der Waals surface area (Å²) in [6, 6.07) is 13.8. The Hall–Kier alpha value is -2.77. The number of aliphatic hydroxyl groups excluding tert-OH is 1. The van der Waals surface area contributed by atoms with Crippen molar-refractivity contribution in [3.05, 3.63) is 66.0 Å². The molecule has 0 saturated heterocycles. The Labute approximate surface area is 164 Å². The minimum absolute atomic E-state index is 0.0430. The molecule has 1 unspecified atom stereocenters. The third kappa shape index (κ3) is 7.46. The minimum atomic E-state index is -0.870. The number of carbonyl (C=O) groups is 2. The van der Waals surface area contributed by atoms with Crippen LogP contribution in [0.1, 0.15) is 25.5 Å². The molecule has 0 saturated carbocycles. The van der Waals surface area contributed by atoms with Crippen LogP contribution in [0.3, 0.4) is 0 Å². The van der Waals surface area contributed by atoms with Crippen molar-refractivity contribution in [2.24, 2.45) is 5.92 Å². The van der Waals surface area contributed by atoms with E-state index in [1.807, 2.05) is 19.9 Å². The van der Waals surface area contributed by atoms with Gasteiger partial charge >= 0.3 is 6.03 Å². The van der Waals surface area contributed by atoms with Gasteiger partial charge in [-0.3, -0.25) is 15.0 Å². The zero-order valence-electron chi connectivity index (χ0n) is 16.1. The van der Waals surface area contributed by atoms with Crippen LogP contribution in [-0.4, -0.2) is 41.6 Å². The zero-order valence-corrected chi connectivity index (χ0v) is 16.1. The van der Waals surface area contributed by atoms with E-state index in [-0.39, 0.29) is 24.8 Å². The van der Waals surface area contributed by atoms with E-state index in [0.29, 0.717) is 17.8 Å². The number of para-hydroxylation sites is 1. The predicted molar refractivity (Wildman–Crippen MR) is 106 cm³/mol. The second kappa shape index (κ2) is 10.5. The van der Waals surface area contributed by atoms with Crippen LogP contribution in [0.25, 0.3) is 0 Å². The second-order valence-electron chi connectivity index (χ2n) is 7.02. The van der Waals surface area contributed by atoms with Gasteiger partial charge in [-0.15, -0.1) is 0 Å². The van der Waals surface area contributed by atoms with Gasteiger partial charge in [-0.2, -0.15) is 0 Å². The Morgan fingerprint density at radius 2 is 1.68 bits per heavy atom. The molecule has 0 aliphatic heterocycles. The Balaban J connectivity index is 1.91. The SMILES string of the molecule is CC(C)CN(CC(=O)NC(=O)Nc1ccccc1)CC(O)c1ccc(F)cc1. The van der Waals surface area contributed by atoms with Gasteiger partial charge in [0.05, 0.1) is 12.6 Å². The summed E-state index contributed by atoms with van der Waals surface area (Å²) in [4.78, 5) is 26.0. The lowest BCUT2D eigenvalue weighted by Crippen LogP contribution is -2.44. The molecule has 3 N–H and O–H groups in total. The molecular weight excluding hydrogens is 361 g/mol. The van der Waals surface area contributed by atoms with E-state index in [4.69, 9.17) is 0 Å². The van der Waals surface area contributed by atoms with Gasteiger partial charge in [0.2, 0.25) is 5.91 Å². The highest BCUT2D eigenvalue weighted by molar-refractivity contribution is 6.01. The first-order valence-electron chi connectivity index (χ1n) is 9.15. The monoisotopic (exact) mass is 387 g/mol. The van der Waals surface area contributed by atoms with Gasteiger partial charge in [0.1, 0.15) is 5.82 Å². The van der Waals surface area contributed by atoms with Gasteiger partial charge in [-0.1, -0.05) is 44.2 Å². The molecule has 3 amide bonds. The van der Waals surface area contributed by atoms with Crippen molar-refractivity contribution in [2.75, 3.05) is 25.0 Å². The number of aliphatic hydroxyl groups is 1. The number of hydrogen-bond donors (Lipinski definition) is 3. The van der Waals surface area contributed by atoms with Crippen molar-refractivity contribution in [1.82, 2.24) is 10.2 Å². The average Bonchev–Trinajstić information content (AvgIpc) is 2.62. The molecule has 2 rings (SSSR count). The van der Waals surface area contributed by atoms with Crippen LogP contribution >= 0.6 is 0 Å². The number of rotatable bonds is 8. The van der Waals surface area contributed by atoms with Gasteiger partial charge in [0, 0.05) is 18.8 Å². The number of imide groups is 1. The third-order valence-electron chi connectivity index (χ3n) is 3.96. The maximum atomic E-state index is 13.1. The maximum absolute atomic E-state index is 13.1. The smallest absolute Gasteiger partial charge is 0.325 e. The van der Waals surface area contributed by atoms with E-state index in [2.05, 4.69) is 10.6 Å². The fourth-order valence-electron chi connectivity index (χ4n) is 2.81. The van der Waals surface area contributed by atoms with Crippen molar-refractivity contribution in [3.63, 3.8) is 0 Å². The molecule has 0 fully saturated rings. The lowest BCUT2D eigenvalue weighted by Gasteiger charge is -2.26. The molecule has 7 heteroatoms. The number of urea groups is 1. The predicted octanol–water partition coefficient (Wildman–Crippen LogP) is 3.17. The summed E-state index contributed by atoms with van der Waals surface area (Å²) in [6.45, 7) is 4.71. The van der Waals surface area contributed by atoms with E-state index >= 15 is 0 Å². The Kier molecular flexibility index (Phi) is 8.10. The highest BCUT2D eigenvalue weighted by atomic mass is 19.1. The number of hydrogen-bond acceptors (Lipinski definition) is 4. The molecule has 0 heterocycles. The van der Waals surface area contributed by atoms with Crippen molar-refractivity contribution >= 4 is 17.6 Å².